The van der Waals surface area contributed by atoms with E-state index < -0.39 is 0 Å². The lowest BCUT2D eigenvalue weighted by Gasteiger charge is -2.02. The lowest BCUT2D eigenvalue weighted by Crippen LogP contribution is -2.11. The molecule has 5 nitrogen and oxygen atoms in total. The third-order valence-electron chi connectivity index (χ3n) is 2.94. The van der Waals surface area contributed by atoms with Crippen LogP contribution in [0.2, 0.25) is 0 Å². The second kappa shape index (κ2) is 5.13. The Morgan fingerprint density at radius 3 is 2.75 bits per heavy atom. The van der Waals surface area contributed by atoms with Crippen LogP contribution in [-0.2, 0) is 4.79 Å². The molecule has 0 fully saturated rings. The van der Waals surface area contributed by atoms with Gasteiger partial charge in [0.1, 0.15) is 11.4 Å². The van der Waals surface area contributed by atoms with Gasteiger partial charge < -0.3 is 9.73 Å². The molecule has 1 aromatic carbocycles. The van der Waals surface area contributed by atoms with Crippen molar-refractivity contribution in [2.45, 2.75) is 6.92 Å². The van der Waals surface area contributed by atoms with E-state index in [-0.39, 0.29) is 12.3 Å². The first-order valence-electron chi connectivity index (χ1n) is 6.26. The van der Waals surface area contributed by atoms with E-state index in [1.807, 2.05) is 24.3 Å². The van der Waals surface area contributed by atoms with Gasteiger partial charge in [0.05, 0.1) is 12.8 Å². The van der Waals surface area contributed by atoms with Crippen molar-refractivity contribution in [1.29, 1.82) is 0 Å². The Balaban J connectivity index is 1.89. The number of fused-ring (bicyclic) bond motifs is 1. The van der Waals surface area contributed by atoms with Gasteiger partial charge >= 0.3 is 0 Å². The van der Waals surface area contributed by atoms with Crippen LogP contribution in [0.15, 0.2) is 47.3 Å². The molecular formula is C15H13N3O2. The molecule has 0 amide bonds. The molecule has 100 valence electrons. The average Bonchev–Trinajstić information content (AvgIpc) is 2.89. The van der Waals surface area contributed by atoms with Gasteiger partial charge in [0.25, 0.3) is 0 Å². The molecule has 0 radical (unpaired) electrons. The van der Waals surface area contributed by atoms with Crippen LogP contribution in [0, 0.1) is 0 Å². The Morgan fingerprint density at radius 1 is 1.25 bits per heavy atom. The summed E-state index contributed by atoms with van der Waals surface area (Å²) in [6.07, 6.45) is 5.13. The number of Topliss-reactive ketones (excluding diaryl/α,β-unsaturated/α-hetero) is 1. The van der Waals surface area contributed by atoms with Crippen molar-refractivity contribution in [2.75, 3.05) is 11.9 Å². The molecule has 3 rings (SSSR count). The Kier molecular flexibility index (Phi) is 3.16. The number of benzene rings is 1. The number of hydrogen-bond donors (Lipinski definition) is 1. The maximum absolute atomic E-state index is 10.9. The van der Waals surface area contributed by atoms with Crippen LogP contribution in [0.4, 0.5) is 5.95 Å². The van der Waals surface area contributed by atoms with Crippen molar-refractivity contribution in [3.63, 3.8) is 0 Å². The molecule has 0 unspecified atom stereocenters. The fourth-order valence-corrected chi connectivity index (χ4v) is 1.96. The Bertz CT molecular complexity index is 747. The highest BCUT2D eigenvalue weighted by Gasteiger charge is 2.08. The van der Waals surface area contributed by atoms with Gasteiger partial charge in [-0.2, -0.15) is 0 Å². The van der Waals surface area contributed by atoms with E-state index in [1.54, 1.807) is 18.7 Å². The number of nitrogens with zero attached hydrogens (tertiary/aromatic N) is 2. The summed E-state index contributed by atoms with van der Waals surface area (Å²) in [5.74, 6) is 0.482. The summed E-state index contributed by atoms with van der Waals surface area (Å²) in [5.41, 5.74) is 2.67. The van der Waals surface area contributed by atoms with E-state index in [1.165, 1.54) is 6.92 Å². The third-order valence-corrected chi connectivity index (χ3v) is 2.94. The molecule has 0 bridgehead atoms. The van der Waals surface area contributed by atoms with Gasteiger partial charge in [-0.1, -0.05) is 18.2 Å². The lowest BCUT2D eigenvalue weighted by molar-refractivity contribution is -0.115. The molecule has 0 saturated heterocycles. The van der Waals surface area contributed by atoms with Gasteiger partial charge in [0.15, 0.2) is 0 Å². The molecule has 0 aliphatic carbocycles. The highest BCUT2D eigenvalue weighted by Crippen LogP contribution is 2.29. The molecule has 0 aliphatic rings. The smallest absolute Gasteiger partial charge is 0.222 e. The Morgan fingerprint density at radius 2 is 2.00 bits per heavy atom. The Hall–Kier alpha value is -2.69. The molecule has 3 aromatic rings. The van der Waals surface area contributed by atoms with E-state index in [4.69, 9.17) is 4.42 Å². The van der Waals surface area contributed by atoms with Crippen LogP contribution in [0.5, 0.6) is 0 Å². The van der Waals surface area contributed by atoms with Crippen molar-refractivity contribution < 1.29 is 9.21 Å². The van der Waals surface area contributed by atoms with Crippen molar-refractivity contribution in [3.05, 3.63) is 42.9 Å². The summed E-state index contributed by atoms with van der Waals surface area (Å²) in [6.45, 7) is 1.74. The number of ketones is 1. The van der Waals surface area contributed by atoms with E-state index in [9.17, 15) is 4.79 Å². The number of carbonyl (C=O) groups is 1. The summed E-state index contributed by atoms with van der Waals surface area (Å²) < 4.78 is 5.50. The number of para-hydroxylation sites is 1. The minimum atomic E-state index is 0.0403. The second-order valence-electron chi connectivity index (χ2n) is 4.50. The van der Waals surface area contributed by atoms with Crippen LogP contribution >= 0.6 is 0 Å². The van der Waals surface area contributed by atoms with E-state index in [2.05, 4.69) is 15.3 Å². The second-order valence-corrected chi connectivity index (χ2v) is 4.50. The maximum atomic E-state index is 10.9. The third kappa shape index (κ3) is 2.38. The SMILES string of the molecule is CC(=O)CNc1ncc(-c2coc3ccccc23)cn1. The molecule has 2 aromatic heterocycles. The predicted octanol–water partition coefficient (Wildman–Crippen LogP) is 2.89. The highest BCUT2D eigenvalue weighted by atomic mass is 16.3. The standard InChI is InChI=1S/C15H13N3O2/c1-10(19)6-16-15-17-7-11(8-18-15)13-9-20-14-5-3-2-4-12(13)14/h2-5,7-9H,6H2,1H3,(H,16,17,18). The molecule has 0 atom stereocenters. The quantitative estimate of drug-likeness (QED) is 0.787. The minimum absolute atomic E-state index is 0.0403. The van der Waals surface area contributed by atoms with Crippen molar-refractivity contribution in [1.82, 2.24) is 9.97 Å². The fourth-order valence-electron chi connectivity index (χ4n) is 1.96. The topological polar surface area (TPSA) is 68.0 Å². The van der Waals surface area contributed by atoms with Gasteiger partial charge in [-0.3, -0.25) is 4.79 Å². The molecule has 20 heavy (non-hydrogen) atoms. The minimum Gasteiger partial charge on any atom is -0.464 e. The molecule has 1 N–H and O–H groups in total. The summed E-state index contributed by atoms with van der Waals surface area (Å²) in [6, 6.07) is 7.81. The largest absolute Gasteiger partial charge is 0.464 e. The fraction of sp³-hybridized carbons (Fsp3) is 0.133. The van der Waals surface area contributed by atoms with Gasteiger partial charge in [0, 0.05) is 28.9 Å². The number of aromatic nitrogens is 2. The van der Waals surface area contributed by atoms with E-state index in [0.717, 1.165) is 22.1 Å². The summed E-state index contributed by atoms with van der Waals surface area (Å²) >= 11 is 0. The highest BCUT2D eigenvalue weighted by molar-refractivity contribution is 5.93. The number of hydrogen-bond acceptors (Lipinski definition) is 5. The molecule has 5 heteroatoms. The molecule has 2 heterocycles. The van der Waals surface area contributed by atoms with E-state index >= 15 is 0 Å². The van der Waals surface area contributed by atoms with Crippen LogP contribution in [-0.4, -0.2) is 22.3 Å². The zero-order chi connectivity index (χ0) is 13.9. The predicted molar refractivity (Wildman–Crippen MR) is 76.4 cm³/mol. The normalized spacial score (nSPS) is 10.7. The van der Waals surface area contributed by atoms with Crippen molar-refractivity contribution in [3.8, 4) is 11.1 Å². The average molecular weight is 267 g/mol. The molecule has 0 aliphatic heterocycles. The van der Waals surface area contributed by atoms with Gasteiger partial charge in [-0.05, 0) is 13.0 Å². The first kappa shape index (κ1) is 12.3. The van der Waals surface area contributed by atoms with Crippen LogP contribution in [0.1, 0.15) is 6.92 Å². The molecular weight excluding hydrogens is 254 g/mol. The zero-order valence-electron chi connectivity index (χ0n) is 11.0. The zero-order valence-corrected chi connectivity index (χ0v) is 11.0. The maximum Gasteiger partial charge on any atom is 0.222 e. The number of rotatable bonds is 4. The van der Waals surface area contributed by atoms with Gasteiger partial charge in [-0.25, -0.2) is 9.97 Å². The summed E-state index contributed by atoms with van der Waals surface area (Å²) in [4.78, 5) is 19.3. The van der Waals surface area contributed by atoms with Gasteiger partial charge in [-0.15, -0.1) is 0 Å². The first-order valence-corrected chi connectivity index (χ1v) is 6.26. The number of furan rings is 1. The number of nitrogens with one attached hydrogen (secondary N) is 1. The van der Waals surface area contributed by atoms with Gasteiger partial charge in [0.2, 0.25) is 5.95 Å². The summed E-state index contributed by atoms with van der Waals surface area (Å²) in [7, 11) is 0. The summed E-state index contributed by atoms with van der Waals surface area (Å²) in [5, 5.41) is 3.89. The molecule has 0 saturated carbocycles. The van der Waals surface area contributed by atoms with E-state index in [0.29, 0.717) is 5.95 Å². The number of anilines is 1. The van der Waals surface area contributed by atoms with Crippen LogP contribution in [0.25, 0.3) is 22.1 Å². The van der Waals surface area contributed by atoms with Crippen molar-refractivity contribution >= 4 is 22.7 Å². The monoisotopic (exact) mass is 267 g/mol. The Labute approximate surface area is 115 Å². The first-order chi connectivity index (χ1) is 9.74. The lowest BCUT2D eigenvalue weighted by atomic mass is 10.1. The number of carbonyl (C=O) groups excluding carboxylic acids is 1. The molecule has 0 spiro atoms. The van der Waals surface area contributed by atoms with Crippen LogP contribution < -0.4 is 5.32 Å². The van der Waals surface area contributed by atoms with Crippen LogP contribution in [0.3, 0.4) is 0 Å². The van der Waals surface area contributed by atoms with Crippen molar-refractivity contribution in [2.24, 2.45) is 0 Å².